The molecule has 122 valence electrons. The van der Waals surface area contributed by atoms with Gasteiger partial charge in [-0.05, 0) is 36.1 Å². The lowest BCUT2D eigenvalue weighted by Gasteiger charge is -2.27. The summed E-state index contributed by atoms with van der Waals surface area (Å²) in [5, 5.41) is 4.94. The molecule has 0 fully saturated rings. The molecular weight excluding hydrogens is 312 g/mol. The number of amides is 2. The van der Waals surface area contributed by atoms with E-state index in [1.807, 2.05) is 29.6 Å². The summed E-state index contributed by atoms with van der Waals surface area (Å²) in [7, 11) is 1.79. The summed E-state index contributed by atoms with van der Waals surface area (Å²) in [6.45, 7) is 3.52. The van der Waals surface area contributed by atoms with Gasteiger partial charge in [-0.15, -0.1) is 11.3 Å². The molecule has 0 radical (unpaired) electrons. The number of carbonyl (C=O) groups excluding carboxylic acids is 1. The van der Waals surface area contributed by atoms with Crippen LogP contribution in [0.4, 0.5) is 4.79 Å². The van der Waals surface area contributed by atoms with E-state index in [1.165, 1.54) is 10.4 Å². The van der Waals surface area contributed by atoms with E-state index in [-0.39, 0.29) is 12.1 Å². The van der Waals surface area contributed by atoms with Gasteiger partial charge in [-0.1, -0.05) is 12.1 Å². The number of para-hydroxylation sites is 2. The van der Waals surface area contributed by atoms with Crippen molar-refractivity contribution in [1.29, 1.82) is 0 Å². The van der Waals surface area contributed by atoms with Crippen LogP contribution in [-0.2, 0) is 6.54 Å². The van der Waals surface area contributed by atoms with Crippen molar-refractivity contribution in [1.82, 2.24) is 10.2 Å². The predicted molar refractivity (Wildman–Crippen MR) is 90.3 cm³/mol. The van der Waals surface area contributed by atoms with Crippen molar-refractivity contribution in [2.75, 3.05) is 20.2 Å². The first-order valence-corrected chi connectivity index (χ1v) is 8.42. The Bertz CT molecular complexity index is 686. The molecule has 5 nitrogen and oxygen atoms in total. The highest BCUT2D eigenvalue weighted by Gasteiger charge is 2.21. The highest BCUT2D eigenvalue weighted by Crippen LogP contribution is 2.30. The molecule has 0 bridgehead atoms. The average Bonchev–Trinajstić information content (AvgIpc) is 2.97. The van der Waals surface area contributed by atoms with Crippen LogP contribution in [0.5, 0.6) is 11.5 Å². The van der Waals surface area contributed by atoms with Crippen LogP contribution in [0.2, 0.25) is 0 Å². The van der Waals surface area contributed by atoms with Gasteiger partial charge in [0.2, 0.25) is 0 Å². The molecule has 2 heterocycles. The molecule has 1 aliphatic heterocycles. The second-order valence-corrected chi connectivity index (χ2v) is 6.57. The maximum atomic E-state index is 12.2. The van der Waals surface area contributed by atoms with E-state index >= 15 is 0 Å². The minimum Gasteiger partial charge on any atom is -0.486 e. The number of nitrogens with one attached hydrogen (secondary N) is 1. The van der Waals surface area contributed by atoms with Gasteiger partial charge in [0.25, 0.3) is 0 Å². The van der Waals surface area contributed by atoms with Crippen LogP contribution >= 0.6 is 11.3 Å². The Kier molecular flexibility index (Phi) is 4.71. The molecule has 0 saturated carbocycles. The largest absolute Gasteiger partial charge is 0.486 e. The Morgan fingerprint density at radius 3 is 2.87 bits per heavy atom. The Morgan fingerprint density at radius 2 is 2.13 bits per heavy atom. The third-order valence-corrected chi connectivity index (χ3v) is 4.75. The van der Waals surface area contributed by atoms with Crippen molar-refractivity contribution in [2.24, 2.45) is 0 Å². The first-order valence-electron chi connectivity index (χ1n) is 7.54. The zero-order valence-corrected chi connectivity index (χ0v) is 14.1. The minimum atomic E-state index is -0.175. The molecule has 2 aromatic rings. The van der Waals surface area contributed by atoms with Gasteiger partial charge in [0, 0.05) is 11.9 Å². The van der Waals surface area contributed by atoms with Crippen molar-refractivity contribution in [2.45, 2.75) is 19.6 Å². The number of rotatable bonds is 4. The van der Waals surface area contributed by atoms with Crippen LogP contribution in [0.25, 0.3) is 0 Å². The van der Waals surface area contributed by atoms with Crippen molar-refractivity contribution in [3.05, 3.63) is 46.2 Å². The van der Waals surface area contributed by atoms with E-state index in [9.17, 15) is 4.79 Å². The fraction of sp³-hybridized carbons (Fsp3) is 0.353. The van der Waals surface area contributed by atoms with Gasteiger partial charge in [0.05, 0.1) is 13.1 Å². The second kappa shape index (κ2) is 6.91. The van der Waals surface area contributed by atoms with Gasteiger partial charge in [0.15, 0.2) is 17.6 Å². The summed E-state index contributed by atoms with van der Waals surface area (Å²) in [5.74, 6) is 1.47. The molecular formula is C17H20N2O3S. The maximum absolute atomic E-state index is 12.2. The number of carbonyl (C=O) groups is 1. The Hall–Kier alpha value is -2.21. The molecule has 0 aliphatic carbocycles. The monoisotopic (exact) mass is 332 g/mol. The van der Waals surface area contributed by atoms with Crippen LogP contribution in [0, 0.1) is 6.92 Å². The number of aryl methyl sites for hydroxylation is 1. The lowest BCUT2D eigenvalue weighted by Crippen LogP contribution is -2.44. The summed E-state index contributed by atoms with van der Waals surface area (Å²) in [6.07, 6.45) is -0.175. The molecule has 23 heavy (non-hydrogen) atoms. The number of urea groups is 1. The molecule has 0 spiro atoms. The van der Waals surface area contributed by atoms with E-state index < -0.39 is 0 Å². The van der Waals surface area contributed by atoms with Crippen molar-refractivity contribution in [3.8, 4) is 11.5 Å². The fourth-order valence-corrected chi connectivity index (χ4v) is 3.31. The van der Waals surface area contributed by atoms with Gasteiger partial charge in [-0.2, -0.15) is 0 Å². The van der Waals surface area contributed by atoms with Crippen LogP contribution in [0.3, 0.4) is 0 Å². The van der Waals surface area contributed by atoms with Crippen LogP contribution in [0.1, 0.15) is 10.4 Å². The third kappa shape index (κ3) is 3.76. The molecule has 1 N–H and O–H groups in total. The molecule has 1 aliphatic rings. The van der Waals surface area contributed by atoms with Gasteiger partial charge in [-0.25, -0.2) is 4.79 Å². The summed E-state index contributed by atoms with van der Waals surface area (Å²) in [6, 6.07) is 9.51. The van der Waals surface area contributed by atoms with Gasteiger partial charge in [-0.3, -0.25) is 0 Å². The zero-order valence-electron chi connectivity index (χ0n) is 13.2. The van der Waals surface area contributed by atoms with Crippen LogP contribution < -0.4 is 14.8 Å². The van der Waals surface area contributed by atoms with Crippen molar-refractivity contribution >= 4 is 17.4 Å². The second-order valence-electron chi connectivity index (χ2n) is 5.57. The number of nitrogens with zero attached hydrogens (tertiary/aromatic N) is 1. The van der Waals surface area contributed by atoms with Crippen molar-refractivity contribution in [3.63, 3.8) is 0 Å². The molecule has 2 amide bonds. The van der Waals surface area contributed by atoms with E-state index in [0.29, 0.717) is 19.7 Å². The Labute approximate surface area is 139 Å². The fourth-order valence-electron chi connectivity index (χ4n) is 2.35. The quantitative estimate of drug-likeness (QED) is 0.936. The molecule has 3 rings (SSSR count). The van der Waals surface area contributed by atoms with E-state index in [0.717, 1.165) is 11.5 Å². The normalized spacial score (nSPS) is 16.0. The van der Waals surface area contributed by atoms with Gasteiger partial charge in [0.1, 0.15) is 6.61 Å². The summed E-state index contributed by atoms with van der Waals surface area (Å²) in [5.41, 5.74) is 1.22. The lowest BCUT2D eigenvalue weighted by molar-refractivity contribution is 0.0904. The summed E-state index contributed by atoms with van der Waals surface area (Å²) < 4.78 is 11.5. The molecule has 6 heteroatoms. The first-order chi connectivity index (χ1) is 11.1. The molecule has 1 atom stereocenters. The van der Waals surface area contributed by atoms with Gasteiger partial charge < -0.3 is 19.7 Å². The van der Waals surface area contributed by atoms with E-state index in [4.69, 9.17) is 9.47 Å². The zero-order chi connectivity index (χ0) is 16.2. The number of hydrogen-bond donors (Lipinski definition) is 1. The first kappa shape index (κ1) is 15.7. The van der Waals surface area contributed by atoms with Crippen LogP contribution in [-0.4, -0.2) is 37.2 Å². The Balaban J connectivity index is 1.49. The van der Waals surface area contributed by atoms with E-state index in [1.54, 1.807) is 23.3 Å². The predicted octanol–water partition coefficient (Wildman–Crippen LogP) is 3.04. The lowest BCUT2D eigenvalue weighted by atomic mass is 10.2. The molecule has 0 saturated heterocycles. The SMILES string of the molecule is Cc1ccsc1CN(C)C(=O)NC[C@@H]1COc2ccccc2O1. The number of hydrogen-bond acceptors (Lipinski definition) is 4. The topological polar surface area (TPSA) is 50.8 Å². The molecule has 1 aromatic heterocycles. The minimum absolute atomic E-state index is 0.111. The maximum Gasteiger partial charge on any atom is 0.317 e. The van der Waals surface area contributed by atoms with Crippen molar-refractivity contribution < 1.29 is 14.3 Å². The Morgan fingerprint density at radius 1 is 1.35 bits per heavy atom. The summed E-state index contributed by atoms with van der Waals surface area (Å²) >= 11 is 1.67. The number of thiophene rings is 1. The molecule has 0 unspecified atom stereocenters. The smallest absolute Gasteiger partial charge is 0.317 e. The van der Waals surface area contributed by atoms with Crippen LogP contribution in [0.15, 0.2) is 35.7 Å². The third-order valence-electron chi connectivity index (χ3n) is 3.74. The van der Waals surface area contributed by atoms with Gasteiger partial charge >= 0.3 is 6.03 Å². The molecule has 1 aromatic carbocycles. The highest BCUT2D eigenvalue weighted by molar-refractivity contribution is 7.10. The number of benzene rings is 1. The standard InChI is InChI=1S/C17H20N2O3S/c1-12-7-8-23-16(12)10-19(2)17(20)18-9-13-11-21-14-5-3-4-6-15(14)22-13/h3-8,13H,9-11H2,1-2H3,(H,18,20)/t13-/m1/s1. The average molecular weight is 332 g/mol. The highest BCUT2D eigenvalue weighted by atomic mass is 32.1. The number of fused-ring (bicyclic) bond motifs is 1. The number of ether oxygens (including phenoxy) is 2. The van der Waals surface area contributed by atoms with E-state index in [2.05, 4.69) is 18.3 Å². The summed E-state index contributed by atoms with van der Waals surface area (Å²) in [4.78, 5) is 15.1.